The lowest BCUT2D eigenvalue weighted by Crippen LogP contribution is -1.94. The number of aromatic nitrogens is 4. The number of aliphatic hydroxyl groups excluding tert-OH is 1. The Kier molecular flexibility index (Phi) is 3.11. The number of ether oxygens (including phenoxy) is 1. The van der Waals surface area contributed by atoms with Gasteiger partial charge in [0.1, 0.15) is 0 Å². The van der Waals surface area contributed by atoms with Crippen LogP contribution in [0.2, 0.25) is 0 Å². The third kappa shape index (κ3) is 2.34. The van der Waals surface area contributed by atoms with Gasteiger partial charge in [-0.05, 0) is 6.92 Å². The number of aliphatic hydroxyl groups is 1. The Morgan fingerprint density at radius 2 is 2.19 bits per heavy atom. The summed E-state index contributed by atoms with van der Waals surface area (Å²) >= 11 is 0. The summed E-state index contributed by atoms with van der Waals surface area (Å²) in [5, 5.41) is 12.9. The molecule has 2 rings (SSSR count). The second kappa shape index (κ2) is 4.71. The average Bonchev–Trinajstić information content (AvgIpc) is 2.78. The fourth-order valence-corrected chi connectivity index (χ4v) is 1.17. The Morgan fingerprint density at radius 3 is 2.75 bits per heavy atom. The van der Waals surface area contributed by atoms with Gasteiger partial charge in [-0.2, -0.15) is 5.10 Å². The van der Waals surface area contributed by atoms with Crippen LogP contribution in [0, 0.1) is 0 Å². The van der Waals surface area contributed by atoms with Gasteiger partial charge in [-0.3, -0.25) is 9.67 Å². The molecule has 1 N–H and O–H groups in total. The molecule has 0 amide bonds. The molecule has 2 heterocycles. The molecule has 0 bridgehead atoms. The lowest BCUT2D eigenvalue weighted by Gasteiger charge is -2.01. The van der Waals surface area contributed by atoms with E-state index in [-0.39, 0.29) is 6.61 Å². The van der Waals surface area contributed by atoms with Gasteiger partial charge in [0.05, 0.1) is 37.1 Å². The van der Waals surface area contributed by atoms with E-state index in [1.165, 1.54) is 12.4 Å². The van der Waals surface area contributed by atoms with Gasteiger partial charge in [-0.1, -0.05) is 0 Å². The van der Waals surface area contributed by atoms with Crippen molar-refractivity contribution >= 4 is 0 Å². The van der Waals surface area contributed by atoms with E-state index in [0.29, 0.717) is 17.3 Å². The smallest absolute Gasteiger partial charge is 0.238 e. The van der Waals surface area contributed by atoms with Crippen molar-refractivity contribution in [2.45, 2.75) is 20.1 Å². The summed E-state index contributed by atoms with van der Waals surface area (Å²) in [7, 11) is 0. The molecular weight excluding hydrogens is 208 g/mol. The highest BCUT2D eigenvalue weighted by Gasteiger charge is 2.02. The number of aryl methyl sites for hydroxylation is 1. The van der Waals surface area contributed by atoms with Gasteiger partial charge in [-0.25, -0.2) is 4.98 Å². The standard InChI is InChI=1S/C10H12N4O2/c1-2-14-6-9(4-13-14)16-10-5-11-8(7-15)3-12-10/h3-6,15H,2,7H2,1H3. The molecule has 2 aromatic rings. The third-order valence-electron chi connectivity index (χ3n) is 2.00. The summed E-state index contributed by atoms with van der Waals surface area (Å²) in [4.78, 5) is 7.95. The van der Waals surface area contributed by atoms with Gasteiger partial charge in [-0.15, -0.1) is 0 Å². The van der Waals surface area contributed by atoms with E-state index in [1.807, 2.05) is 6.92 Å². The lowest BCUT2D eigenvalue weighted by atomic mass is 10.5. The van der Waals surface area contributed by atoms with E-state index in [4.69, 9.17) is 9.84 Å². The topological polar surface area (TPSA) is 73.1 Å². The molecule has 0 aliphatic rings. The molecule has 0 radical (unpaired) electrons. The molecular formula is C10H12N4O2. The van der Waals surface area contributed by atoms with E-state index in [9.17, 15) is 0 Å². The van der Waals surface area contributed by atoms with Crippen molar-refractivity contribution in [2.24, 2.45) is 0 Å². The highest BCUT2D eigenvalue weighted by atomic mass is 16.5. The van der Waals surface area contributed by atoms with Crippen molar-refractivity contribution in [3.63, 3.8) is 0 Å². The number of rotatable bonds is 4. The van der Waals surface area contributed by atoms with Crippen LogP contribution >= 0.6 is 0 Å². The maximum absolute atomic E-state index is 8.80. The van der Waals surface area contributed by atoms with Crippen LogP contribution in [-0.2, 0) is 13.2 Å². The van der Waals surface area contributed by atoms with Crippen LogP contribution in [0.3, 0.4) is 0 Å². The largest absolute Gasteiger partial charge is 0.434 e. The van der Waals surface area contributed by atoms with Crippen molar-refractivity contribution in [3.05, 3.63) is 30.5 Å². The first kappa shape index (κ1) is 10.6. The predicted octanol–water partition coefficient (Wildman–Crippen LogP) is 0.978. The van der Waals surface area contributed by atoms with Crippen molar-refractivity contribution in [1.82, 2.24) is 19.7 Å². The summed E-state index contributed by atoms with van der Waals surface area (Å²) in [6.07, 6.45) is 6.33. The maximum atomic E-state index is 8.80. The second-order valence-electron chi connectivity index (χ2n) is 3.14. The van der Waals surface area contributed by atoms with Gasteiger partial charge in [0.25, 0.3) is 0 Å². The Balaban J connectivity index is 2.08. The SMILES string of the molecule is CCn1cc(Oc2cnc(CO)cn2)cn1. The van der Waals surface area contributed by atoms with Crippen molar-refractivity contribution in [1.29, 1.82) is 0 Å². The number of hydrogen-bond acceptors (Lipinski definition) is 5. The molecule has 0 aliphatic carbocycles. The Morgan fingerprint density at radius 1 is 1.31 bits per heavy atom. The second-order valence-corrected chi connectivity index (χ2v) is 3.14. The van der Waals surface area contributed by atoms with E-state index >= 15 is 0 Å². The normalized spacial score (nSPS) is 10.4. The van der Waals surface area contributed by atoms with E-state index in [0.717, 1.165) is 6.54 Å². The Labute approximate surface area is 92.5 Å². The first-order valence-corrected chi connectivity index (χ1v) is 4.94. The molecule has 0 saturated heterocycles. The first-order valence-electron chi connectivity index (χ1n) is 4.94. The van der Waals surface area contributed by atoms with E-state index < -0.39 is 0 Å². The predicted molar refractivity (Wildman–Crippen MR) is 55.9 cm³/mol. The molecule has 0 unspecified atom stereocenters. The third-order valence-corrected chi connectivity index (χ3v) is 2.00. The van der Waals surface area contributed by atoms with E-state index in [2.05, 4.69) is 15.1 Å². The van der Waals surface area contributed by atoms with Gasteiger partial charge >= 0.3 is 0 Å². The minimum atomic E-state index is -0.124. The molecule has 0 aromatic carbocycles. The van der Waals surface area contributed by atoms with Crippen LogP contribution in [0.4, 0.5) is 0 Å². The number of hydrogen-bond donors (Lipinski definition) is 1. The Bertz CT molecular complexity index is 452. The van der Waals surface area contributed by atoms with Gasteiger partial charge in [0.15, 0.2) is 5.75 Å². The number of nitrogens with zero attached hydrogens (tertiary/aromatic N) is 4. The molecule has 6 nitrogen and oxygen atoms in total. The van der Waals surface area contributed by atoms with Crippen molar-refractivity contribution < 1.29 is 9.84 Å². The fourth-order valence-electron chi connectivity index (χ4n) is 1.17. The highest BCUT2D eigenvalue weighted by molar-refractivity contribution is 5.19. The maximum Gasteiger partial charge on any atom is 0.238 e. The molecule has 16 heavy (non-hydrogen) atoms. The molecule has 0 aliphatic heterocycles. The zero-order valence-corrected chi connectivity index (χ0v) is 8.87. The summed E-state index contributed by atoms with van der Waals surface area (Å²) in [6, 6.07) is 0. The van der Waals surface area contributed by atoms with Gasteiger partial charge in [0.2, 0.25) is 5.88 Å². The zero-order chi connectivity index (χ0) is 11.4. The molecule has 84 valence electrons. The average molecular weight is 220 g/mol. The minimum absolute atomic E-state index is 0.124. The molecule has 0 atom stereocenters. The molecule has 0 saturated carbocycles. The highest BCUT2D eigenvalue weighted by Crippen LogP contribution is 2.17. The molecule has 6 heteroatoms. The van der Waals surface area contributed by atoms with Crippen LogP contribution in [0.15, 0.2) is 24.8 Å². The monoisotopic (exact) mass is 220 g/mol. The summed E-state index contributed by atoms with van der Waals surface area (Å²) in [5.74, 6) is 1.00. The van der Waals surface area contributed by atoms with Crippen molar-refractivity contribution in [3.8, 4) is 11.6 Å². The quantitative estimate of drug-likeness (QED) is 0.831. The van der Waals surface area contributed by atoms with Gasteiger partial charge < -0.3 is 9.84 Å². The van der Waals surface area contributed by atoms with Crippen LogP contribution < -0.4 is 4.74 Å². The summed E-state index contributed by atoms with van der Waals surface area (Å²) in [6.45, 7) is 2.66. The lowest BCUT2D eigenvalue weighted by molar-refractivity contribution is 0.276. The Hall–Kier alpha value is -1.95. The van der Waals surface area contributed by atoms with Crippen LogP contribution in [-0.4, -0.2) is 24.9 Å². The molecule has 2 aromatic heterocycles. The van der Waals surface area contributed by atoms with Gasteiger partial charge in [0, 0.05) is 6.54 Å². The van der Waals surface area contributed by atoms with Crippen LogP contribution in [0.1, 0.15) is 12.6 Å². The van der Waals surface area contributed by atoms with Crippen LogP contribution in [0.25, 0.3) is 0 Å². The van der Waals surface area contributed by atoms with E-state index in [1.54, 1.807) is 17.1 Å². The molecule has 0 spiro atoms. The molecule has 0 fully saturated rings. The van der Waals surface area contributed by atoms with Crippen LogP contribution in [0.5, 0.6) is 11.6 Å². The van der Waals surface area contributed by atoms with Crippen molar-refractivity contribution in [2.75, 3.05) is 0 Å². The minimum Gasteiger partial charge on any atom is -0.434 e. The first-order chi connectivity index (χ1) is 7.81. The summed E-state index contributed by atoms with van der Waals surface area (Å²) < 4.78 is 7.18. The summed E-state index contributed by atoms with van der Waals surface area (Å²) in [5.41, 5.74) is 0.511. The fraction of sp³-hybridized carbons (Fsp3) is 0.300. The zero-order valence-electron chi connectivity index (χ0n) is 8.87.